The molecule has 5 heteroatoms. The fourth-order valence-corrected chi connectivity index (χ4v) is 4.33. The first-order chi connectivity index (χ1) is 16.7. The predicted octanol–water partition coefficient (Wildman–Crippen LogP) is 5.39. The molecule has 0 bridgehead atoms. The number of carbonyl (C=O) groups excluding carboxylic acids is 1. The van der Waals surface area contributed by atoms with E-state index in [1.165, 1.54) is 0 Å². The second-order valence-electron chi connectivity index (χ2n) is 8.25. The molecule has 1 fully saturated rings. The fourth-order valence-electron chi connectivity index (χ4n) is 4.33. The lowest BCUT2D eigenvalue weighted by Gasteiger charge is -2.29. The van der Waals surface area contributed by atoms with Crippen LogP contribution in [0.3, 0.4) is 0 Å². The van der Waals surface area contributed by atoms with Crippen molar-refractivity contribution >= 4 is 29.1 Å². The van der Waals surface area contributed by atoms with Crippen molar-refractivity contribution in [1.29, 1.82) is 0 Å². The van der Waals surface area contributed by atoms with Crippen molar-refractivity contribution in [2.24, 2.45) is 0 Å². The maximum absolute atomic E-state index is 13.6. The first kappa shape index (κ1) is 22.0. The lowest BCUT2D eigenvalue weighted by Crippen LogP contribution is -2.36. The molecule has 0 N–H and O–H groups in total. The van der Waals surface area contributed by atoms with Crippen molar-refractivity contribution in [3.05, 3.63) is 102 Å². The van der Waals surface area contributed by atoms with Crippen LogP contribution >= 0.6 is 0 Å². The Morgan fingerprint density at radius 3 is 2.24 bits per heavy atom. The number of amides is 1. The van der Waals surface area contributed by atoms with Crippen LogP contribution in [0.2, 0.25) is 0 Å². The van der Waals surface area contributed by atoms with Crippen LogP contribution in [0.4, 0.5) is 11.4 Å². The first-order valence-corrected chi connectivity index (χ1v) is 11.7. The average molecular weight is 453 g/mol. The van der Waals surface area contributed by atoms with Crippen LogP contribution in [0.25, 0.3) is 11.8 Å². The minimum atomic E-state index is -0.0353. The van der Waals surface area contributed by atoms with Crippen molar-refractivity contribution < 1.29 is 14.3 Å². The van der Waals surface area contributed by atoms with Crippen molar-refractivity contribution in [2.45, 2.75) is 6.92 Å². The number of morpholine rings is 1. The lowest BCUT2D eigenvalue weighted by molar-refractivity contribution is -0.113. The van der Waals surface area contributed by atoms with E-state index >= 15 is 0 Å². The molecule has 0 saturated carbocycles. The molecule has 0 radical (unpaired) electrons. The van der Waals surface area contributed by atoms with Crippen LogP contribution in [0.5, 0.6) is 5.75 Å². The molecule has 0 spiro atoms. The second-order valence-corrected chi connectivity index (χ2v) is 8.25. The van der Waals surface area contributed by atoms with Crippen LogP contribution in [0.15, 0.2) is 90.5 Å². The van der Waals surface area contributed by atoms with Gasteiger partial charge in [0, 0.05) is 30.0 Å². The van der Waals surface area contributed by atoms with Gasteiger partial charge in [0.25, 0.3) is 5.91 Å². The maximum Gasteiger partial charge on any atom is 0.262 e. The van der Waals surface area contributed by atoms with Crippen molar-refractivity contribution in [1.82, 2.24) is 0 Å². The number of hydrogen-bond acceptors (Lipinski definition) is 4. The lowest BCUT2D eigenvalue weighted by atomic mass is 10.1. The molecule has 5 nitrogen and oxygen atoms in total. The predicted molar refractivity (Wildman–Crippen MR) is 137 cm³/mol. The molecule has 0 atom stereocenters. The van der Waals surface area contributed by atoms with Crippen LogP contribution in [0.1, 0.15) is 18.1 Å². The Morgan fingerprint density at radius 2 is 1.56 bits per heavy atom. The van der Waals surface area contributed by atoms with E-state index in [0.717, 1.165) is 60.3 Å². The number of ether oxygens (including phenoxy) is 2. The highest BCUT2D eigenvalue weighted by Crippen LogP contribution is 2.36. The molecule has 2 heterocycles. The normalized spacial score (nSPS) is 17.3. The van der Waals surface area contributed by atoms with E-state index in [0.29, 0.717) is 12.2 Å². The molecule has 1 saturated heterocycles. The molecule has 3 aromatic rings. The van der Waals surface area contributed by atoms with Crippen LogP contribution < -0.4 is 14.5 Å². The molecule has 0 aliphatic carbocycles. The largest absolute Gasteiger partial charge is 0.494 e. The molecule has 5 rings (SSSR count). The summed E-state index contributed by atoms with van der Waals surface area (Å²) in [5, 5.41) is 0. The average Bonchev–Trinajstić information content (AvgIpc) is 3.22. The molecule has 2 aliphatic heterocycles. The van der Waals surface area contributed by atoms with E-state index in [1.54, 1.807) is 4.90 Å². The van der Waals surface area contributed by atoms with E-state index in [1.807, 2.05) is 85.8 Å². The molecular weight excluding hydrogens is 424 g/mol. The van der Waals surface area contributed by atoms with Crippen LogP contribution in [-0.2, 0) is 9.53 Å². The fraction of sp³-hybridized carbons (Fsp3) is 0.207. The summed E-state index contributed by atoms with van der Waals surface area (Å²) in [6.45, 7) is 5.84. The van der Waals surface area contributed by atoms with Crippen molar-refractivity contribution in [3.63, 3.8) is 0 Å². The summed E-state index contributed by atoms with van der Waals surface area (Å²) in [6, 6.07) is 26.1. The number of nitrogens with zero attached hydrogens (tertiary/aromatic N) is 2. The van der Waals surface area contributed by atoms with Gasteiger partial charge in [0.1, 0.15) is 5.75 Å². The van der Waals surface area contributed by atoms with Gasteiger partial charge < -0.3 is 14.4 Å². The van der Waals surface area contributed by atoms with E-state index in [4.69, 9.17) is 9.47 Å². The third-order valence-electron chi connectivity index (χ3n) is 6.05. The molecule has 172 valence electrons. The van der Waals surface area contributed by atoms with E-state index in [9.17, 15) is 4.79 Å². The topological polar surface area (TPSA) is 42.0 Å². The van der Waals surface area contributed by atoms with Crippen molar-refractivity contribution in [3.8, 4) is 5.75 Å². The Balaban J connectivity index is 1.47. The van der Waals surface area contributed by atoms with E-state index < -0.39 is 0 Å². The summed E-state index contributed by atoms with van der Waals surface area (Å²) < 4.78 is 11.0. The summed E-state index contributed by atoms with van der Waals surface area (Å²) in [5.41, 5.74) is 5.49. The highest BCUT2D eigenvalue weighted by Gasteiger charge is 2.30. The molecular formula is C29H28N2O3. The molecule has 34 heavy (non-hydrogen) atoms. The molecule has 3 aromatic carbocycles. The third kappa shape index (κ3) is 4.61. The van der Waals surface area contributed by atoms with Gasteiger partial charge in [-0.2, -0.15) is 0 Å². The van der Waals surface area contributed by atoms with Gasteiger partial charge in [0.2, 0.25) is 0 Å². The zero-order chi connectivity index (χ0) is 23.3. The van der Waals surface area contributed by atoms with Gasteiger partial charge in [-0.1, -0.05) is 42.5 Å². The standard InChI is InChI=1S/C29H28N2O3/c1-2-34-27-14-8-22(9-15-27)20-24-21-28(23-6-4-3-5-7-23)31(29(24)32)26-12-10-25(11-13-26)30-16-18-33-19-17-30/h3-15,20-21H,2,16-19H2,1H3/b24-20+. The molecule has 0 unspecified atom stereocenters. The molecule has 2 aliphatic rings. The molecule has 1 amide bonds. The Hall–Kier alpha value is -3.83. The summed E-state index contributed by atoms with van der Waals surface area (Å²) in [4.78, 5) is 17.7. The van der Waals surface area contributed by atoms with Gasteiger partial charge >= 0.3 is 0 Å². The Kier molecular flexibility index (Phi) is 6.45. The van der Waals surface area contributed by atoms with Crippen molar-refractivity contribution in [2.75, 3.05) is 42.7 Å². The number of rotatable bonds is 6. The van der Waals surface area contributed by atoms with Gasteiger partial charge in [-0.25, -0.2) is 0 Å². The Bertz CT molecular complexity index is 1190. The van der Waals surface area contributed by atoms with Crippen LogP contribution in [-0.4, -0.2) is 38.8 Å². The SMILES string of the molecule is CCOc1ccc(/C=C2\C=C(c3ccccc3)N(c3ccc(N4CCOCC4)cc3)C2=O)cc1. The smallest absolute Gasteiger partial charge is 0.262 e. The van der Waals surface area contributed by atoms with Gasteiger partial charge in [0.05, 0.1) is 25.5 Å². The highest BCUT2D eigenvalue weighted by atomic mass is 16.5. The first-order valence-electron chi connectivity index (χ1n) is 11.7. The number of anilines is 2. The number of carbonyl (C=O) groups is 1. The quantitative estimate of drug-likeness (QED) is 0.470. The van der Waals surface area contributed by atoms with E-state index in [2.05, 4.69) is 17.0 Å². The van der Waals surface area contributed by atoms with E-state index in [-0.39, 0.29) is 5.91 Å². The number of benzene rings is 3. The summed E-state index contributed by atoms with van der Waals surface area (Å²) in [7, 11) is 0. The minimum absolute atomic E-state index is 0.0353. The Labute approximate surface area is 200 Å². The zero-order valence-corrected chi connectivity index (χ0v) is 19.3. The van der Waals surface area contributed by atoms with Gasteiger partial charge in [0.15, 0.2) is 0 Å². The zero-order valence-electron chi connectivity index (χ0n) is 19.3. The molecule has 0 aromatic heterocycles. The van der Waals surface area contributed by atoms with Gasteiger partial charge in [-0.15, -0.1) is 0 Å². The Morgan fingerprint density at radius 1 is 0.882 bits per heavy atom. The second kappa shape index (κ2) is 9.98. The van der Waals surface area contributed by atoms with Gasteiger partial charge in [-0.3, -0.25) is 9.69 Å². The third-order valence-corrected chi connectivity index (χ3v) is 6.05. The van der Waals surface area contributed by atoms with Crippen LogP contribution in [0, 0.1) is 0 Å². The number of hydrogen-bond donors (Lipinski definition) is 0. The highest BCUT2D eigenvalue weighted by molar-refractivity contribution is 6.23. The summed E-state index contributed by atoms with van der Waals surface area (Å²) in [5.74, 6) is 0.789. The van der Waals surface area contributed by atoms with Gasteiger partial charge in [-0.05, 0) is 66.6 Å². The maximum atomic E-state index is 13.6. The summed E-state index contributed by atoms with van der Waals surface area (Å²) >= 11 is 0. The monoisotopic (exact) mass is 452 g/mol. The minimum Gasteiger partial charge on any atom is -0.494 e. The summed E-state index contributed by atoms with van der Waals surface area (Å²) in [6.07, 6.45) is 3.91.